The van der Waals surface area contributed by atoms with Gasteiger partial charge in [-0.3, -0.25) is 10.2 Å². The van der Waals surface area contributed by atoms with Crippen molar-refractivity contribution in [3.05, 3.63) is 45.9 Å². The van der Waals surface area contributed by atoms with Crippen molar-refractivity contribution < 1.29 is 19.0 Å². The summed E-state index contributed by atoms with van der Waals surface area (Å²) in [5.41, 5.74) is 9.20. The number of carbonyl (C=O) groups is 1. The number of hydrogen-bond donors (Lipinski definition) is 2. The Morgan fingerprint density at radius 2 is 1.85 bits per heavy atom. The number of amides is 1. The molecule has 0 radical (unpaired) electrons. The van der Waals surface area contributed by atoms with Gasteiger partial charge in [-0.2, -0.15) is 5.10 Å². The van der Waals surface area contributed by atoms with Crippen LogP contribution in [0.5, 0.6) is 17.2 Å². The summed E-state index contributed by atoms with van der Waals surface area (Å²) in [5, 5.41) is 5.11. The molecular formula is C17H17Cl2N3O4. The number of ether oxygens (including phenoxy) is 3. The third-order valence-corrected chi connectivity index (χ3v) is 3.72. The fourth-order valence-corrected chi connectivity index (χ4v) is 2.47. The normalized spacial score (nSPS) is 10.6. The molecule has 3 N–H and O–H groups in total. The summed E-state index contributed by atoms with van der Waals surface area (Å²) < 4.78 is 15.9. The Morgan fingerprint density at radius 1 is 1.19 bits per heavy atom. The Hall–Kier alpha value is -2.64. The Morgan fingerprint density at radius 3 is 2.38 bits per heavy atom. The van der Waals surface area contributed by atoms with Crippen LogP contribution in [0.2, 0.25) is 10.0 Å². The van der Waals surface area contributed by atoms with Gasteiger partial charge < -0.3 is 19.9 Å². The molecule has 0 aliphatic rings. The molecule has 0 saturated carbocycles. The van der Waals surface area contributed by atoms with E-state index in [-0.39, 0.29) is 12.4 Å². The summed E-state index contributed by atoms with van der Waals surface area (Å²) in [6.07, 6.45) is 1.55. The van der Waals surface area contributed by atoms with E-state index in [0.717, 1.165) is 0 Å². The number of rotatable bonds is 8. The zero-order valence-electron chi connectivity index (χ0n) is 14.1. The van der Waals surface area contributed by atoms with Gasteiger partial charge in [-0.1, -0.05) is 23.2 Å². The number of anilines is 1. The molecule has 9 heteroatoms. The number of nitrogens with zero attached hydrogens (tertiary/aromatic N) is 1. The van der Waals surface area contributed by atoms with E-state index < -0.39 is 5.91 Å². The van der Waals surface area contributed by atoms with E-state index in [1.54, 1.807) is 36.5 Å². The second kappa shape index (κ2) is 9.17. The Labute approximate surface area is 160 Å². The molecule has 0 heterocycles. The second-order valence-electron chi connectivity index (χ2n) is 5.00. The lowest BCUT2D eigenvalue weighted by atomic mass is 10.2. The van der Waals surface area contributed by atoms with Crippen LogP contribution in [0.1, 0.15) is 5.56 Å². The maximum absolute atomic E-state index is 10.9. The summed E-state index contributed by atoms with van der Waals surface area (Å²) in [4.78, 5) is 10.9. The van der Waals surface area contributed by atoms with Crippen LogP contribution in [-0.4, -0.2) is 32.9 Å². The number of methoxy groups -OCH3 is 2. The van der Waals surface area contributed by atoms with Gasteiger partial charge in [0.25, 0.3) is 5.91 Å². The van der Waals surface area contributed by atoms with E-state index in [2.05, 4.69) is 10.5 Å². The quantitative estimate of drug-likeness (QED) is 0.526. The molecule has 0 aliphatic carbocycles. The zero-order chi connectivity index (χ0) is 19.1. The topological polar surface area (TPSA) is 95.2 Å². The summed E-state index contributed by atoms with van der Waals surface area (Å²) in [7, 11) is 2.94. The Balaban J connectivity index is 2.22. The van der Waals surface area contributed by atoms with Crippen molar-refractivity contribution in [3.8, 4) is 17.2 Å². The Kier molecular flexibility index (Phi) is 6.94. The molecule has 138 valence electrons. The number of hydrogen-bond acceptors (Lipinski definition) is 6. The van der Waals surface area contributed by atoms with E-state index in [1.807, 2.05) is 0 Å². The predicted molar refractivity (Wildman–Crippen MR) is 102 cm³/mol. The standard InChI is InChI=1S/C17H17Cl2N3O4/c1-24-14-5-10(6-15(25-2)17(14)26-9-16(20)23)8-21-22-13-4-3-11(18)7-12(13)19/h3-8,22H,9H2,1-2H3,(H2,20,23)/b21-8-. The fraction of sp³-hybridized carbons (Fsp3) is 0.176. The lowest BCUT2D eigenvalue weighted by molar-refractivity contribution is -0.119. The third kappa shape index (κ3) is 5.18. The van der Waals surface area contributed by atoms with Gasteiger partial charge in [0.05, 0.1) is 31.1 Å². The molecule has 7 nitrogen and oxygen atoms in total. The highest BCUT2D eigenvalue weighted by atomic mass is 35.5. The molecule has 2 rings (SSSR count). The number of carbonyl (C=O) groups excluding carboxylic acids is 1. The molecule has 2 aromatic rings. The van der Waals surface area contributed by atoms with Crippen LogP contribution in [-0.2, 0) is 4.79 Å². The van der Waals surface area contributed by atoms with Crippen molar-refractivity contribution >= 4 is 41.0 Å². The van der Waals surface area contributed by atoms with Crippen molar-refractivity contribution in [1.29, 1.82) is 0 Å². The molecule has 0 atom stereocenters. The van der Waals surface area contributed by atoms with Crippen molar-refractivity contribution in [3.63, 3.8) is 0 Å². The molecule has 0 bridgehead atoms. The minimum atomic E-state index is -0.608. The van der Waals surface area contributed by atoms with Gasteiger partial charge >= 0.3 is 0 Å². The monoisotopic (exact) mass is 397 g/mol. The molecule has 0 aromatic heterocycles. The number of hydrazone groups is 1. The minimum Gasteiger partial charge on any atom is -0.493 e. The first-order valence-electron chi connectivity index (χ1n) is 7.36. The average molecular weight is 398 g/mol. The summed E-state index contributed by atoms with van der Waals surface area (Å²) >= 11 is 11.9. The van der Waals surface area contributed by atoms with Crippen LogP contribution in [0.15, 0.2) is 35.4 Å². The van der Waals surface area contributed by atoms with Crippen LogP contribution in [0.3, 0.4) is 0 Å². The highest BCUT2D eigenvalue weighted by Crippen LogP contribution is 2.38. The first kappa shape index (κ1) is 19.7. The van der Waals surface area contributed by atoms with Gasteiger partial charge in [0.15, 0.2) is 18.1 Å². The highest BCUT2D eigenvalue weighted by molar-refractivity contribution is 6.36. The number of halogens is 2. The first-order valence-corrected chi connectivity index (χ1v) is 8.11. The SMILES string of the molecule is COc1cc(/C=N\Nc2ccc(Cl)cc2Cl)cc(OC)c1OCC(N)=O. The van der Waals surface area contributed by atoms with Gasteiger partial charge in [-0.25, -0.2) is 0 Å². The predicted octanol–water partition coefficient (Wildman–Crippen LogP) is 3.32. The number of benzene rings is 2. The number of nitrogens with two attached hydrogens (primary N) is 1. The molecule has 26 heavy (non-hydrogen) atoms. The molecule has 2 aromatic carbocycles. The first-order chi connectivity index (χ1) is 12.4. The summed E-state index contributed by atoms with van der Waals surface area (Å²) in [5.74, 6) is 0.414. The maximum atomic E-state index is 10.9. The van der Waals surface area contributed by atoms with E-state index in [4.69, 9.17) is 43.1 Å². The van der Waals surface area contributed by atoms with Gasteiger partial charge in [0.1, 0.15) is 0 Å². The lowest BCUT2D eigenvalue weighted by Crippen LogP contribution is -2.20. The number of primary amides is 1. The lowest BCUT2D eigenvalue weighted by Gasteiger charge is -2.14. The van der Waals surface area contributed by atoms with Crippen LogP contribution in [0, 0.1) is 0 Å². The minimum absolute atomic E-state index is 0.277. The molecule has 1 amide bonds. The largest absolute Gasteiger partial charge is 0.493 e. The maximum Gasteiger partial charge on any atom is 0.255 e. The van der Waals surface area contributed by atoms with Crippen LogP contribution < -0.4 is 25.4 Å². The smallest absolute Gasteiger partial charge is 0.255 e. The van der Waals surface area contributed by atoms with Crippen molar-refractivity contribution in [2.24, 2.45) is 10.8 Å². The average Bonchev–Trinajstić information content (AvgIpc) is 2.61. The molecule has 0 aliphatic heterocycles. The Bertz CT molecular complexity index is 803. The molecule has 0 unspecified atom stereocenters. The van der Waals surface area contributed by atoms with Crippen LogP contribution >= 0.6 is 23.2 Å². The zero-order valence-corrected chi connectivity index (χ0v) is 15.6. The van der Waals surface area contributed by atoms with Gasteiger partial charge in [-0.05, 0) is 30.3 Å². The van der Waals surface area contributed by atoms with Gasteiger partial charge in [-0.15, -0.1) is 0 Å². The molecular weight excluding hydrogens is 381 g/mol. The summed E-state index contributed by atoms with van der Waals surface area (Å²) in [6, 6.07) is 8.37. The van der Waals surface area contributed by atoms with E-state index in [0.29, 0.717) is 32.8 Å². The summed E-state index contributed by atoms with van der Waals surface area (Å²) in [6.45, 7) is -0.295. The molecule has 0 fully saturated rings. The van der Waals surface area contributed by atoms with Crippen LogP contribution in [0.4, 0.5) is 5.69 Å². The fourth-order valence-electron chi connectivity index (χ4n) is 2.02. The van der Waals surface area contributed by atoms with E-state index in [9.17, 15) is 4.79 Å². The van der Waals surface area contributed by atoms with Crippen LogP contribution in [0.25, 0.3) is 0 Å². The molecule has 0 spiro atoms. The highest BCUT2D eigenvalue weighted by Gasteiger charge is 2.14. The van der Waals surface area contributed by atoms with Crippen molar-refractivity contribution in [2.75, 3.05) is 26.3 Å². The second-order valence-corrected chi connectivity index (χ2v) is 5.85. The third-order valence-electron chi connectivity index (χ3n) is 3.17. The van der Waals surface area contributed by atoms with Crippen molar-refractivity contribution in [2.45, 2.75) is 0 Å². The van der Waals surface area contributed by atoms with Crippen molar-refractivity contribution in [1.82, 2.24) is 0 Å². The van der Waals surface area contributed by atoms with E-state index in [1.165, 1.54) is 14.2 Å². The number of nitrogens with one attached hydrogen (secondary N) is 1. The van der Waals surface area contributed by atoms with Gasteiger partial charge in [0.2, 0.25) is 5.75 Å². The molecule has 0 saturated heterocycles. The van der Waals surface area contributed by atoms with E-state index >= 15 is 0 Å². The van der Waals surface area contributed by atoms with Gasteiger partial charge in [0, 0.05) is 10.6 Å².